The van der Waals surface area contributed by atoms with Crippen LogP contribution in [0.4, 0.5) is 20.2 Å². The van der Waals surface area contributed by atoms with E-state index in [9.17, 15) is 28.0 Å². The number of nitrogens with zero attached hydrogens (tertiary/aromatic N) is 2. The predicted octanol–water partition coefficient (Wildman–Crippen LogP) is 5.63. The molecule has 0 saturated carbocycles. The van der Waals surface area contributed by atoms with Crippen LogP contribution in [0.1, 0.15) is 63.0 Å². The molecule has 11 heteroatoms. The molecule has 0 fully saturated rings. The van der Waals surface area contributed by atoms with Crippen LogP contribution in [0.5, 0.6) is 0 Å². The number of carbonyl (C=O) groups is 4. The lowest BCUT2D eigenvalue weighted by Crippen LogP contribution is -2.23. The van der Waals surface area contributed by atoms with Gasteiger partial charge in [0.15, 0.2) is 0 Å². The molecular formula is C33H32F2N4O5. The number of aryl methyl sites for hydroxylation is 2. The third-order valence-electron chi connectivity index (χ3n) is 6.63. The van der Waals surface area contributed by atoms with Gasteiger partial charge < -0.3 is 15.8 Å². The molecular weight excluding hydrogens is 570 g/mol. The third-order valence-corrected chi connectivity index (χ3v) is 6.63. The van der Waals surface area contributed by atoms with Crippen molar-refractivity contribution in [3.63, 3.8) is 0 Å². The van der Waals surface area contributed by atoms with Crippen LogP contribution in [0.2, 0.25) is 0 Å². The number of ketones is 2. The van der Waals surface area contributed by atoms with Crippen LogP contribution in [0.3, 0.4) is 0 Å². The van der Waals surface area contributed by atoms with Crippen molar-refractivity contribution in [1.29, 1.82) is 0 Å². The number of aromatic nitrogens is 2. The van der Waals surface area contributed by atoms with Crippen LogP contribution in [0, 0.1) is 31.4 Å². The van der Waals surface area contributed by atoms with Gasteiger partial charge in [-0.3, -0.25) is 29.1 Å². The zero-order valence-corrected chi connectivity index (χ0v) is 24.7. The summed E-state index contributed by atoms with van der Waals surface area (Å²) in [5, 5.41) is 2.66. The van der Waals surface area contributed by atoms with Gasteiger partial charge >= 0.3 is 5.97 Å². The summed E-state index contributed by atoms with van der Waals surface area (Å²) in [5.41, 5.74) is 7.46. The van der Waals surface area contributed by atoms with Crippen molar-refractivity contribution < 1.29 is 32.7 Å². The Hall–Kier alpha value is -5.32. The Morgan fingerprint density at radius 1 is 0.841 bits per heavy atom. The molecule has 2 heterocycles. The number of carbonyl (C=O) groups excluding carboxylic acids is 4. The second-order valence-electron chi connectivity index (χ2n) is 9.93. The number of hydrogen-bond donors (Lipinski definition) is 2. The van der Waals surface area contributed by atoms with E-state index in [1.165, 1.54) is 37.7 Å². The largest absolute Gasteiger partial charge is 0.469 e. The van der Waals surface area contributed by atoms with E-state index < -0.39 is 29.3 Å². The van der Waals surface area contributed by atoms with Crippen molar-refractivity contribution in [2.75, 3.05) is 18.2 Å². The summed E-state index contributed by atoms with van der Waals surface area (Å²) in [6.45, 7) is 4.80. The number of rotatable bonds is 9. The summed E-state index contributed by atoms with van der Waals surface area (Å²) in [6.07, 6.45) is 3.37. The lowest BCUT2D eigenvalue weighted by atomic mass is 10.0. The van der Waals surface area contributed by atoms with Gasteiger partial charge in [0, 0.05) is 30.4 Å². The summed E-state index contributed by atoms with van der Waals surface area (Å²) in [5.74, 6) is -3.14. The highest BCUT2D eigenvalue weighted by Gasteiger charge is 2.21. The Morgan fingerprint density at radius 3 is 1.89 bits per heavy atom. The second kappa shape index (κ2) is 15.2. The quantitative estimate of drug-likeness (QED) is 0.143. The maximum absolute atomic E-state index is 14.0. The molecule has 3 N–H and O–H groups in total. The first kappa shape index (κ1) is 33.2. The normalized spacial score (nSPS) is 11.0. The van der Waals surface area contributed by atoms with Gasteiger partial charge in [-0.05, 0) is 79.9 Å². The summed E-state index contributed by atoms with van der Waals surface area (Å²) in [7, 11) is 1.28. The van der Waals surface area contributed by atoms with E-state index in [-0.39, 0.29) is 52.0 Å². The molecule has 4 rings (SSSR count). The van der Waals surface area contributed by atoms with Gasteiger partial charge in [-0.15, -0.1) is 0 Å². The number of nitrogen functional groups attached to an aromatic ring is 1. The standard InChI is InChI=1S/C20H21FN2O4.C13H11FN2O/c1-12(7-8-18(24)27-3)20(26)23-17-10-13(2)15(21)11-14(17)19(25)16-6-4-5-9-22-16;1-8-6-11(15)9(7-10(8)14)13(17)12-4-2-3-5-16-12/h4-6,9-12H,7-8H2,1-3H3,(H,23,26);2-7H,15H2,1H3/t12-;/m0./s1. The molecule has 0 aliphatic heterocycles. The topological polar surface area (TPSA) is 141 Å². The Labute approximate surface area is 253 Å². The van der Waals surface area contributed by atoms with Crippen LogP contribution >= 0.6 is 0 Å². The second-order valence-corrected chi connectivity index (χ2v) is 9.93. The Bertz CT molecular complexity index is 1660. The lowest BCUT2D eigenvalue weighted by Gasteiger charge is -2.15. The van der Waals surface area contributed by atoms with Gasteiger partial charge in [-0.1, -0.05) is 19.1 Å². The van der Waals surface area contributed by atoms with Crippen LogP contribution in [0.25, 0.3) is 0 Å². The maximum Gasteiger partial charge on any atom is 0.305 e. The summed E-state index contributed by atoms with van der Waals surface area (Å²) >= 11 is 0. The zero-order chi connectivity index (χ0) is 32.4. The molecule has 1 atom stereocenters. The minimum atomic E-state index is -0.550. The first-order valence-electron chi connectivity index (χ1n) is 13.6. The molecule has 228 valence electrons. The predicted molar refractivity (Wildman–Crippen MR) is 161 cm³/mol. The number of methoxy groups -OCH3 is 1. The van der Waals surface area contributed by atoms with Crippen molar-refractivity contribution in [2.24, 2.45) is 5.92 Å². The van der Waals surface area contributed by atoms with Crippen molar-refractivity contribution in [2.45, 2.75) is 33.6 Å². The monoisotopic (exact) mass is 602 g/mol. The number of nitrogens with two attached hydrogens (primary N) is 1. The fourth-order valence-corrected chi connectivity index (χ4v) is 3.97. The maximum atomic E-state index is 14.0. The number of halogens is 2. The highest BCUT2D eigenvalue weighted by Crippen LogP contribution is 2.24. The summed E-state index contributed by atoms with van der Waals surface area (Å²) in [6, 6.07) is 14.9. The molecule has 0 radical (unpaired) electrons. The molecule has 0 unspecified atom stereocenters. The summed E-state index contributed by atoms with van der Waals surface area (Å²) < 4.78 is 32.0. The van der Waals surface area contributed by atoms with Gasteiger partial charge in [0.25, 0.3) is 0 Å². The fraction of sp³-hybridized carbons (Fsp3) is 0.212. The summed E-state index contributed by atoms with van der Waals surface area (Å²) in [4.78, 5) is 56.3. The van der Waals surface area contributed by atoms with E-state index in [4.69, 9.17) is 5.73 Å². The zero-order valence-electron chi connectivity index (χ0n) is 24.7. The van der Waals surface area contributed by atoms with Gasteiger partial charge in [-0.25, -0.2) is 8.78 Å². The fourth-order valence-electron chi connectivity index (χ4n) is 3.97. The Balaban J connectivity index is 0.000000266. The molecule has 9 nitrogen and oxygen atoms in total. The molecule has 0 aliphatic rings. The average molecular weight is 603 g/mol. The number of anilines is 2. The van der Waals surface area contributed by atoms with Gasteiger partial charge in [0.2, 0.25) is 17.5 Å². The molecule has 44 heavy (non-hydrogen) atoms. The van der Waals surface area contributed by atoms with Crippen molar-refractivity contribution in [3.05, 3.63) is 118 Å². The smallest absolute Gasteiger partial charge is 0.305 e. The van der Waals surface area contributed by atoms with Crippen molar-refractivity contribution in [3.8, 4) is 0 Å². The number of benzene rings is 2. The third kappa shape index (κ3) is 8.60. The van der Waals surface area contributed by atoms with Crippen molar-refractivity contribution in [1.82, 2.24) is 9.97 Å². The van der Waals surface area contributed by atoms with Gasteiger partial charge in [0.1, 0.15) is 23.0 Å². The number of pyridine rings is 2. The molecule has 1 amide bonds. The van der Waals surface area contributed by atoms with E-state index in [0.29, 0.717) is 17.5 Å². The molecule has 2 aromatic carbocycles. The first-order chi connectivity index (χ1) is 20.9. The van der Waals surface area contributed by atoms with Gasteiger partial charge in [0.05, 0.1) is 23.9 Å². The molecule has 0 spiro atoms. The van der Waals surface area contributed by atoms with E-state index in [1.807, 2.05) is 0 Å². The minimum absolute atomic E-state index is 0.0188. The molecule has 0 saturated heterocycles. The van der Waals surface area contributed by atoms with Crippen LogP contribution in [0.15, 0.2) is 73.1 Å². The number of ether oxygens (including phenoxy) is 1. The van der Waals surface area contributed by atoms with E-state index in [0.717, 1.165) is 12.1 Å². The first-order valence-corrected chi connectivity index (χ1v) is 13.6. The van der Waals surface area contributed by atoms with Crippen molar-refractivity contribution >= 4 is 34.8 Å². The highest BCUT2D eigenvalue weighted by atomic mass is 19.1. The molecule has 0 aliphatic carbocycles. The lowest BCUT2D eigenvalue weighted by molar-refractivity contribution is -0.141. The highest BCUT2D eigenvalue weighted by molar-refractivity contribution is 6.13. The van der Waals surface area contributed by atoms with Crippen LogP contribution in [-0.2, 0) is 14.3 Å². The SMILES string of the molecule is COC(=O)CC[C@H](C)C(=O)Nc1cc(C)c(F)cc1C(=O)c1ccccn1.Cc1cc(N)c(C(=O)c2ccccn2)cc1F. The number of hydrogen-bond acceptors (Lipinski definition) is 8. The Morgan fingerprint density at radius 2 is 1.36 bits per heavy atom. The number of amides is 1. The van der Waals surface area contributed by atoms with E-state index >= 15 is 0 Å². The van der Waals surface area contributed by atoms with E-state index in [2.05, 4.69) is 20.0 Å². The Kier molecular flexibility index (Phi) is 11.5. The molecule has 4 aromatic rings. The molecule has 0 bridgehead atoms. The minimum Gasteiger partial charge on any atom is -0.469 e. The van der Waals surface area contributed by atoms with Gasteiger partial charge in [-0.2, -0.15) is 0 Å². The van der Waals surface area contributed by atoms with Crippen LogP contribution in [-0.4, -0.2) is 40.5 Å². The van der Waals surface area contributed by atoms with E-state index in [1.54, 1.807) is 51.1 Å². The number of esters is 1. The average Bonchev–Trinajstić information content (AvgIpc) is 3.03. The number of nitrogens with one attached hydrogen (secondary N) is 1. The molecule has 2 aromatic heterocycles. The van der Waals surface area contributed by atoms with Crippen LogP contribution < -0.4 is 11.1 Å².